The highest BCUT2D eigenvalue weighted by Crippen LogP contribution is 2.34. The largest absolute Gasteiger partial charge is 0.480 e. The van der Waals surface area contributed by atoms with Gasteiger partial charge in [-0.25, -0.2) is 4.79 Å². The Hall–Kier alpha value is -1.59. The molecule has 23 heavy (non-hydrogen) atoms. The maximum absolute atomic E-state index is 12.5. The summed E-state index contributed by atoms with van der Waals surface area (Å²) in [6.45, 7) is 4.81. The molecule has 0 aromatic carbocycles. The maximum atomic E-state index is 12.5. The first-order valence-corrected chi connectivity index (χ1v) is 8.69. The van der Waals surface area contributed by atoms with Gasteiger partial charge in [-0.05, 0) is 44.4 Å². The number of carbonyl (C=O) groups excluding carboxylic acids is 2. The number of carboxylic acid groups (broad SMARTS) is 1. The summed E-state index contributed by atoms with van der Waals surface area (Å²) in [5.41, 5.74) is -1.10. The average Bonchev–Trinajstić information content (AvgIpc) is 2.55. The molecule has 0 aromatic heterocycles. The third kappa shape index (κ3) is 4.03. The minimum Gasteiger partial charge on any atom is -0.480 e. The highest BCUT2D eigenvalue weighted by molar-refractivity contribution is 5.88. The molecule has 1 aliphatic heterocycles. The number of nitrogens with one attached hydrogen (secondary N) is 1. The molecule has 2 N–H and O–H groups in total. The second kappa shape index (κ2) is 7.32. The summed E-state index contributed by atoms with van der Waals surface area (Å²) in [4.78, 5) is 37.4. The van der Waals surface area contributed by atoms with Crippen molar-refractivity contribution in [1.82, 2.24) is 10.2 Å². The predicted octanol–water partition coefficient (Wildman–Crippen LogP) is 1.78. The molecule has 0 aromatic rings. The smallest absolute Gasteiger partial charge is 0.329 e. The number of amides is 2. The molecule has 1 saturated carbocycles. The molecule has 1 saturated heterocycles. The monoisotopic (exact) mass is 324 g/mol. The van der Waals surface area contributed by atoms with Crippen molar-refractivity contribution in [3.05, 3.63) is 0 Å². The molecular formula is C17H28N2O4. The van der Waals surface area contributed by atoms with Gasteiger partial charge < -0.3 is 15.3 Å². The number of rotatable bonds is 4. The summed E-state index contributed by atoms with van der Waals surface area (Å²) < 4.78 is 0. The van der Waals surface area contributed by atoms with E-state index in [1.807, 2.05) is 0 Å². The van der Waals surface area contributed by atoms with Crippen LogP contribution in [-0.4, -0.2) is 46.4 Å². The van der Waals surface area contributed by atoms with E-state index in [9.17, 15) is 19.5 Å². The molecule has 0 spiro atoms. The fourth-order valence-electron chi connectivity index (χ4n) is 3.77. The third-order valence-electron chi connectivity index (χ3n) is 5.62. The molecule has 6 heteroatoms. The number of hydrogen-bond acceptors (Lipinski definition) is 3. The quantitative estimate of drug-likeness (QED) is 0.825. The number of carboxylic acids is 1. The Balaban J connectivity index is 1.94. The third-order valence-corrected chi connectivity index (χ3v) is 5.62. The molecular weight excluding hydrogens is 296 g/mol. The highest BCUT2D eigenvalue weighted by Gasteiger charge is 2.44. The number of likely N-dealkylation sites (tertiary alicyclic amines) is 1. The van der Waals surface area contributed by atoms with E-state index in [4.69, 9.17) is 0 Å². The van der Waals surface area contributed by atoms with Crippen LogP contribution in [0.4, 0.5) is 0 Å². The number of piperidine rings is 1. The van der Waals surface area contributed by atoms with Gasteiger partial charge in [0.25, 0.3) is 0 Å². The van der Waals surface area contributed by atoms with Crippen molar-refractivity contribution in [2.45, 2.75) is 64.3 Å². The Kier molecular flexibility index (Phi) is 5.65. The maximum Gasteiger partial charge on any atom is 0.329 e. The van der Waals surface area contributed by atoms with Gasteiger partial charge in [-0.15, -0.1) is 0 Å². The number of carbonyl (C=O) groups is 3. The number of hydrogen-bond donors (Lipinski definition) is 2. The van der Waals surface area contributed by atoms with Gasteiger partial charge in [-0.1, -0.05) is 13.3 Å². The van der Waals surface area contributed by atoms with Crippen molar-refractivity contribution in [3.8, 4) is 0 Å². The molecule has 2 fully saturated rings. The van der Waals surface area contributed by atoms with Gasteiger partial charge in [-0.2, -0.15) is 0 Å². The summed E-state index contributed by atoms with van der Waals surface area (Å²) in [5, 5.41) is 12.5. The van der Waals surface area contributed by atoms with E-state index in [0.717, 1.165) is 19.3 Å². The van der Waals surface area contributed by atoms with Crippen molar-refractivity contribution in [2.24, 2.45) is 11.8 Å². The Labute approximate surface area is 137 Å². The topological polar surface area (TPSA) is 86.7 Å². The van der Waals surface area contributed by atoms with Gasteiger partial charge in [0.15, 0.2) is 0 Å². The van der Waals surface area contributed by atoms with E-state index < -0.39 is 11.5 Å². The van der Waals surface area contributed by atoms with Gasteiger partial charge in [0.2, 0.25) is 11.8 Å². The molecule has 2 amide bonds. The average molecular weight is 324 g/mol. The van der Waals surface area contributed by atoms with Crippen molar-refractivity contribution in [1.29, 1.82) is 0 Å². The Morgan fingerprint density at radius 1 is 1.13 bits per heavy atom. The van der Waals surface area contributed by atoms with Crippen LogP contribution in [0.3, 0.4) is 0 Å². The number of nitrogens with zero attached hydrogens (tertiary/aromatic N) is 1. The lowest BCUT2D eigenvalue weighted by molar-refractivity contribution is -0.150. The molecule has 0 bridgehead atoms. The van der Waals surface area contributed by atoms with Gasteiger partial charge in [0.05, 0.1) is 0 Å². The summed E-state index contributed by atoms with van der Waals surface area (Å²) in [5.74, 6) is -0.667. The lowest BCUT2D eigenvalue weighted by atomic mass is 9.75. The zero-order chi connectivity index (χ0) is 17.0. The summed E-state index contributed by atoms with van der Waals surface area (Å²) in [6, 6.07) is 0. The summed E-state index contributed by atoms with van der Waals surface area (Å²) >= 11 is 0. The van der Waals surface area contributed by atoms with Crippen molar-refractivity contribution in [2.75, 3.05) is 13.1 Å². The molecule has 0 unspecified atom stereocenters. The van der Waals surface area contributed by atoms with Crippen molar-refractivity contribution in [3.63, 3.8) is 0 Å². The SMILES string of the molecule is CCC1CCC(NC(=O)C2CCN(C(C)=O)CC2)(C(=O)O)CC1. The fourth-order valence-corrected chi connectivity index (χ4v) is 3.77. The molecule has 0 atom stereocenters. The molecule has 0 radical (unpaired) electrons. The van der Waals surface area contributed by atoms with E-state index >= 15 is 0 Å². The molecule has 1 aliphatic carbocycles. The van der Waals surface area contributed by atoms with Crippen LogP contribution in [-0.2, 0) is 14.4 Å². The standard InChI is InChI=1S/C17H28N2O4/c1-3-13-4-8-17(9-5-13,16(22)23)18-15(21)14-6-10-19(11-7-14)12(2)20/h13-14H,3-11H2,1-2H3,(H,18,21)(H,22,23). The van der Waals surface area contributed by atoms with Gasteiger partial charge in [-0.3, -0.25) is 9.59 Å². The van der Waals surface area contributed by atoms with Gasteiger partial charge >= 0.3 is 5.97 Å². The zero-order valence-corrected chi connectivity index (χ0v) is 14.1. The van der Waals surface area contributed by atoms with Crippen LogP contribution >= 0.6 is 0 Å². The highest BCUT2D eigenvalue weighted by atomic mass is 16.4. The first kappa shape index (κ1) is 17.8. The Bertz CT molecular complexity index is 461. The van der Waals surface area contributed by atoms with Crippen LogP contribution in [0.25, 0.3) is 0 Å². The Morgan fingerprint density at radius 2 is 1.70 bits per heavy atom. The van der Waals surface area contributed by atoms with Gasteiger partial charge in [0, 0.05) is 25.9 Å². The second-order valence-electron chi connectivity index (χ2n) is 7.01. The van der Waals surface area contributed by atoms with Crippen LogP contribution < -0.4 is 5.32 Å². The van der Waals surface area contributed by atoms with Crippen LogP contribution in [0.15, 0.2) is 0 Å². The van der Waals surface area contributed by atoms with Gasteiger partial charge in [0.1, 0.15) is 5.54 Å². The number of aliphatic carboxylic acids is 1. The van der Waals surface area contributed by atoms with Crippen molar-refractivity contribution < 1.29 is 19.5 Å². The van der Waals surface area contributed by atoms with E-state index in [1.54, 1.807) is 4.90 Å². The predicted molar refractivity (Wildman–Crippen MR) is 85.7 cm³/mol. The minimum absolute atomic E-state index is 0.0313. The van der Waals surface area contributed by atoms with E-state index in [1.165, 1.54) is 6.92 Å². The van der Waals surface area contributed by atoms with Crippen LogP contribution in [0.2, 0.25) is 0 Å². The molecule has 2 rings (SSSR count). The lowest BCUT2D eigenvalue weighted by Crippen LogP contribution is -2.58. The van der Waals surface area contributed by atoms with Crippen LogP contribution in [0, 0.1) is 11.8 Å². The minimum atomic E-state index is -1.10. The fraction of sp³-hybridized carbons (Fsp3) is 0.824. The van der Waals surface area contributed by atoms with E-state index in [2.05, 4.69) is 12.2 Å². The first-order valence-electron chi connectivity index (χ1n) is 8.69. The van der Waals surface area contributed by atoms with Crippen LogP contribution in [0.1, 0.15) is 58.8 Å². The second-order valence-corrected chi connectivity index (χ2v) is 7.01. The summed E-state index contributed by atoms with van der Waals surface area (Å²) in [6.07, 6.45) is 5.01. The molecule has 130 valence electrons. The first-order chi connectivity index (χ1) is 10.9. The molecule has 2 aliphatic rings. The lowest BCUT2D eigenvalue weighted by Gasteiger charge is -2.39. The van der Waals surface area contributed by atoms with E-state index in [-0.39, 0.29) is 17.7 Å². The van der Waals surface area contributed by atoms with E-state index in [0.29, 0.717) is 44.7 Å². The Morgan fingerprint density at radius 3 is 2.13 bits per heavy atom. The van der Waals surface area contributed by atoms with Crippen LogP contribution in [0.5, 0.6) is 0 Å². The van der Waals surface area contributed by atoms with Crippen molar-refractivity contribution >= 4 is 17.8 Å². The molecule has 1 heterocycles. The normalized spacial score (nSPS) is 29.1. The molecule has 6 nitrogen and oxygen atoms in total. The zero-order valence-electron chi connectivity index (χ0n) is 14.1. The summed E-state index contributed by atoms with van der Waals surface area (Å²) in [7, 11) is 0.